The number of aliphatic hydroxyl groups is 1. The highest BCUT2D eigenvalue weighted by molar-refractivity contribution is 5.92. The van der Waals surface area contributed by atoms with Gasteiger partial charge in [-0.3, -0.25) is 4.79 Å². The van der Waals surface area contributed by atoms with E-state index in [1.807, 2.05) is 5.32 Å². The predicted molar refractivity (Wildman–Crippen MR) is 47.6 cm³/mol. The summed E-state index contributed by atoms with van der Waals surface area (Å²) in [7, 11) is 1.58. The van der Waals surface area contributed by atoms with Gasteiger partial charge in [-0.25, -0.2) is 13.8 Å². The molecule has 0 saturated carbocycles. The molecule has 15 heavy (non-hydrogen) atoms. The summed E-state index contributed by atoms with van der Waals surface area (Å²) >= 11 is 0. The molecule has 0 aromatic carbocycles. The Labute approximate surface area is 84.7 Å². The van der Waals surface area contributed by atoms with E-state index in [2.05, 4.69) is 4.98 Å². The summed E-state index contributed by atoms with van der Waals surface area (Å²) in [6, 6.07) is 0. The number of aryl methyl sites for hydroxylation is 1. The minimum Gasteiger partial charge on any atom is -0.390 e. The number of nitrogens with one attached hydrogen (secondary N) is 1. The molecule has 84 valence electrons. The molecular formula is C8H11F2N3O2. The van der Waals surface area contributed by atoms with E-state index in [1.165, 1.54) is 17.1 Å². The van der Waals surface area contributed by atoms with Gasteiger partial charge in [-0.2, -0.15) is 0 Å². The van der Waals surface area contributed by atoms with Crippen molar-refractivity contribution < 1.29 is 18.7 Å². The van der Waals surface area contributed by atoms with Crippen molar-refractivity contribution in [1.29, 1.82) is 0 Å². The second kappa shape index (κ2) is 4.35. The average Bonchev–Trinajstić information content (AvgIpc) is 2.61. The highest BCUT2D eigenvalue weighted by Crippen LogP contribution is 2.10. The number of aromatic nitrogens is 2. The van der Waals surface area contributed by atoms with Crippen LogP contribution in [0.3, 0.4) is 0 Å². The summed E-state index contributed by atoms with van der Waals surface area (Å²) in [6.07, 6.45) is 2.66. The summed E-state index contributed by atoms with van der Waals surface area (Å²) < 4.78 is 26.5. The van der Waals surface area contributed by atoms with Gasteiger partial charge in [0.15, 0.2) is 0 Å². The van der Waals surface area contributed by atoms with Crippen LogP contribution in [0, 0.1) is 0 Å². The lowest BCUT2D eigenvalue weighted by molar-refractivity contribution is -0.0462. The molecule has 0 saturated heterocycles. The van der Waals surface area contributed by atoms with Crippen LogP contribution in [-0.4, -0.2) is 39.6 Å². The first-order chi connectivity index (χ1) is 6.96. The Morgan fingerprint density at radius 2 is 2.40 bits per heavy atom. The van der Waals surface area contributed by atoms with Gasteiger partial charge in [-0.15, -0.1) is 0 Å². The van der Waals surface area contributed by atoms with Gasteiger partial charge >= 0.3 is 0 Å². The Bertz CT molecular complexity index is 351. The molecule has 0 fully saturated rings. The molecule has 1 aromatic heterocycles. The Morgan fingerprint density at radius 3 is 2.87 bits per heavy atom. The molecule has 2 N–H and O–H groups in total. The normalized spacial score (nSPS) is 11.5. The molecular weight excluding hydrogens is 208 g/mol. The highest BCUT2D eigenvalue weighted by atomic mass is 19.3. The third kappa shape index (κ3) is 2.98. The summed E-state index contributed by atoms with van der Waals surface area (Å²) in [4.78, 5) is 15.0. The lowest BCUT2D eigenvalue weighted by Crippen LogP contribution is -2.39. The zero-order valence-corrected chi connectivity index (χ0v) is 8.07. The number of carbonyl (C=O) groups is 1. The lowest BCUT2D eigenvalue weighted by Gasteiger charge is -2.13. The van der Waals surface area contributed by atoms with Crippen LogP contribution in [-0.2, 0) is 7.05 Å². The monoisotopic (exact) mass is 219 g/mol. The maximum absolute atomic E-state index is 12.6. The Balaban J connectivity index is 2.55. The second-order valence-corrected chi connectivity index (χ2v) is 3.09. The summed E-state index contributed by atoms with van der Waals surface area (Å²) in [6.45, 7) is -2.19. The van der Waals surface area contributed by atoms with Crippen molar-refractivity contribution in [3.05, 3.63) is 18.2 Å². The highest BCUT2D eigenvalue weighted by Gasteiger charge is 2.28. The first-order valence-electron chi connectivity index (χ1n) is 4.19. The van der Waals surface area contributed by atoms with E-state index in [9.17, 15) is 13.6 Å². The Kier molecular flexibility index (Phi) is 3.35. The number of nitrogens with zero attached hydrogens (tertiary/aromatic N) is 2. The molecule has 7 heteroatoms. The van der Waals surface area contributed by atoms with Crippen molar-refractivity contribution >= 4 is 5.91 Å². The average molecular weight is 219 g/mol. The van der Waals surface area contributed by atoms with Gasteiger partial charge in [-0.1, -0.05) is 0 Å². The molecule has 1 amide bonds. The molecule has 0 unspecified atom stereocenters. The van der Waals surface area contributed by atoms with Gasteiger partial charge in [-0.05, 0) is 0 Å². The standard InChI is InChI=1S/C8H11F2N3O2/c1-13-5-11-2-6(13)7(15)12-3-8(9,10)4-14/h2,5,14H,3-4H2,1H3,(H,12,15). The number of aliphatic hydroxyl groups excluding tert-OH is 1. The van der Waals surface area contributed by atoms with E-state index in [4.69, 9.17) is 5.11 Å². The van der Waals surface area contributed by atoms with Crippen LogP contribution in [0.15, 0.2) is 12.5 Å². The first-order valence-corrected chi connectivity index (χ1v) is 4.19. The molecule has 0 bridgehead atoms. The Hall–Kier alpha value is -1.50. The number of hydrogen-bond acceptors (Lipinski definition) is 3. The van der Waals surface area contributed by atoms with Gasteiger partial charge in [0.25, 0.3) is 11.8 Å². The van der Waals surface area contributed by atoms with Gasteiger partial charge in [0.1, 0.15) is 12.3 Å². The van der Waals surface area contributed by atoms with Crippen LogP contribution in [0.1, 0.15) is 10.5 Å². The molecule has 1 heterocycles. The van der Waals surface area contributed by atoms with Crippen molar-refractivity contribution in [3.63, 3.8) is 0 Å². The number of imidazole rings is 1. The first kappa shape index (κ1) is 11.6. The lowest BCUT2D eigenvalue weighted by atomic mass is 10.3. The fourth-order valence-electron chi connectivity index (χ4n) is 0.932. The molecule has 0 aliphatic carbocycles. The zero-order valence-electron chi connectivity index (χ0n) is 8.07. The molecule has 0 radical (unpaired) electrons. The van der Waals surface area contributed by atoms with Crippen LogP contribution < -0.4 is 5.32 Å². The van der Waals surface area contributed by atoms with Crippen LogP contribution in [0.25, 0.3) is 0 Å². The van der Waals surface area contributed by atoms with E-state index in [0.717, 1.165) is 0 Å². The fourth-order valence-corrected chi connectivity index (χ4v) is 0.932. The van der Waals surface area contributed by atoms with Gasteiger partial charge in [0.2, 0.25) is 0 Å². The molecule has 1 aromatic rings. The quantitative estimate of drug-likeness (QED) is 0.735. The van der Waals surface area contributed by atoms with E-state index >= 15 is 0 Å². The van der Waals surface area contributed by atoms with E-state index in [1.54, 1.807) is 7.05 Å². The van der Waals surface area contributed by atoms with Gasteiger partial charge < -0.3 is 15.0 Å². The smallest absolute Gasteiger partial charge is 0.287 e. The summed E-state index contributed by atoms with van der Waals surface area (Å²) in [5, 5.41) is 10.3. The van der Waals surface area contributed by atoms with Gasteiger partial charge in [0, 0.05) is 7.05 Å². The molecule has 5 nitrogen and oxygen atoms in total. The Morgan fingerprint density at radius 1 is 1.73 bits per heavy atom. The number of carbonyl (C=O) groups excluding carboxylic acids is 1. The predicted octanol–water partition coefficient (Wildman–Crippen LogP) is -0.223. The van der Waals surface area contributed by atoms with Crippen molar-refractivity contribution in [1.82, 2.24) is 14.9 Å². The molecule has 0 aliphatic heterocycles. The van der Waals surface area contributed by atoms with Crippen molar-refractivity contribution in [2.75, 3.05) is 13.2 Å². The fraction of sp³-hybridized carbons (Fsp3) is 0.500. The second-order valence-electron chi connectivity index (χ2n) is 3.09. The van der Waals surface area contributed by atoms with Crippen molar-refractivity contribution in [2.24, 2.45) is 7.05 Å². The van der Waals surface area contributed by atoms with E-state index in [-0.39, 0.29) is 5.69 Å². The number of halogens is 2. The SMILES string of the molecule is Cn1cncc1C(=O)NCC(F)(F)CO. The third-order valence-electron chi connectivity index (χ3n) is 1.79. The van der Waals surface area contributed by atoms with E-state index in [0.29, 0.717) is 0 Å². The van der Waals surface area contributed by atoms with Crippen LogP contribution in [0.2, 0.25) is 0 Å². The van der Waals surface area contributed by atoms with Crippen molar-refractivity contribution in [3.8, 4) is 0 Å². The third-order valence-corrected chi connectivity index (χ3v) is 1.79. The van der Waals surface area contributed by atoms with Gasteiger partial charge in [0.05, 0.1) is 19.1 Å². The topological polar surface area (TPSA) is 67.2 Å². The minimum atomic E-state index is -3.30. The summed E-state index contributed by atoms with van der Waals surface area (Å²) in [5.74, 6) is -3.95. The number of hydrogen-bond donors (Lipinski definition) is 2. The maximum atomic E-state index is 12.6. The maximum Gasteiger partial charge on any atom is 0.287 e. The van der Waals surface area contributed by atoms with Crippen molar-refractivity contribution in [2.45, 2.75) is 5.92 Å². The summed E-state index contributed by atoms with van der Waals surface area (Å²) in [5.41, 5.74) is 0.184. The number of amides is 1. The molecule has 0 aliphatic rings. The van der Waals surface area contributed by atoms with Crippen LogP contribution in [0.4, 0.5) is 8.78 Å². The largest absolute Gasteiger partial charge is 0.390 e. The molecule has 1 rings (SSSR count). The number of alkyl halides is 2. The van der Waals surface area contributed by atoms with Crippen LogP contribution >= 0.6 is 0 Å². The van der Waals surface area contributed by atoms with E-state index < -0.39 is 25.0 Å². The zero-order chi connectivity index (χ0) is 11.5. The minimum absolute atomic E-state index is 0.184. The molecule has 0 spiro atoms. The van der Waals surface area contributed by atoms with Crippen LogP contribution in [0.5, 0.6) is 0 Å². The number of rotatable bonds is 4. The molecule has 0 atom stereocenters.